The van der Waals surface area contributed by atoms with Crippen LogP contribution >= 0.6 is 0 Å². The van der Waals surface area contributed by atoms with Crippen LogP contribution in [0.5, 0.6) is 5.75 Å². The maximum atomic E-state index is 6.11. The molecule has 3 heteroatoms. The lowest BCUT2D eigenvalue weighted by molar-refractivity contribution is 0.292. The first kappa shape index (κ1) is 17.0. The molecule has 0 spiro atoms. The van der Waals surface area contributed by atoms with Gasteiger partial charge < -0.3 is 10.5 Å². The van der Waals surface area contributed by atoms with Gasteiger partial charge in [-0.3, -0.25) is 4.98 Å². The van der Waals surface area contributed by atoms with Gasteiger partial charge in [0, 0.05) is 18.4 Å². The van der Waals surface area contributed by atoms with Crippen molar-refractivity contribution in [3.63, 3.8) is 0 Å². The number of nitrogens with zero attached hydrogens (tertiary/aromatic N) is 1. The highest BCUT2D eigenvalue weighted by Gasteiger charge is 2.03. The Morgan fingerprint density at radius 1 is 1.00 bits per heavy atom. The van der Waals surface area contributed by atoms with Crippen molar-refractivity contribution in [2.75, 3.05) is 6.61 Å². The molecule has 0 aliphatic carbocycles. The van der Waals surface area contributed by atoms with Crippen LogP contribution in [0.15, 0.2) is 24.5 Å². The average molecular weight is 278 g/mol. The number of nitrogens with two attached hydrogens (primary N) is 1. The first-order chi connectivity index (χ1) is 9.83. The molecular weight excluding hydrogens is 248 g/mol. The fraction of sp³-hybridized carbons (Fsp3) is 0.706. The van der Waals surface area contributed by atoms with Gasteiger partial charge in [0.1, 0.15) is 5.75 Å². The van der Waals surface area contributed by atoms with Crippen LogP contribution in [0.25, 0.3) is 0 Å². The molecule has 1 heterocycles. The molecule has 0 aliphatic heterocycles. The number of rotatable bonds is 12. The lowest BCUT2D eigenvalue weighted by Crippen LogP contribution is -2.22. The number of pyridine rings is 1. The third kappa shape index (κ3) is 8.92. The molecule has 0 saturated carbocycles. The summed E-state index contributed by atoms with van der Waals surface area (Å²) < 4.78 is 5.63. The molecule has 0 amide bonds. The number of unbranched alkanes of at least 4 members (excludes halogenated alkanes) is 6. The lowest BCUT2D eigenvalue weighted by Gasteiger charge is -2.12. The van der Waals surface area contributed by atoms with Crippen LogP contribution in [0.2, 0.25) is 0 Å². The summed E-state index contributed by atoms with van der Waals surface area (Å²) >= 11 is 0. The van der Waals surface area contributed by atoms with Gasteiger partial charge in [0.15, 0.2) is 0 Å². The molecule has 3 nitrogen and oxygen atoms in total. The monoisotopic (exact) mass is 278 g/mol. The van der Waals surface area contributed by atoms with Crippen molar-refractivity contribution in [2.24, 2.45) is 5.73 Å². The molecular formula is C17H30N2O. The third-order valence-corrected chi connectivity index (χ3v) is 3.59. The van der Waals surface area contributed by atoms with Crippen LogP contribution in [-0.4, -0.2) is 17.6 Å². The predicted molar refractivity (Wildman–Crippen MR) is 84.9 cm³/mol. The fourth-order valence-electron chi connectivity index (χ4n) is 2.27. The van der Waals surface area contributed by atoms with E-state index in [2.05, 4.69) is 11.9 Å². The molecule has 1 aromatic rings. The topological polar surface area (TPSA) is 48.1 Å². The van der Waals surface area contributed by atoms with Crippen LogP contribution in [-0.2, 0) is 0 Å². The van der Waals surface area contributed by atoms with Gasteiger partial charge in [-0.2, -0.15) is 0 Å². The van der Waals surface area contributed by atoms with Gasteiger partial charge in [-0.15, -0.1) is 0 Å². The van der Waals surface area contributed by atoms with Crippen LogP contribution in [0.1, 0.15) is 64.7 Å². The Morgan fingerprint density at radius 2 is 1.65 bits per heavy atom. The van der Waals surface area contributed by atoms with E-state index in [4.69, 9.17) is 10.5 Å². The molecule has 0 fully saturated rings. The van der Waals surface area contributed by atoms with Gasteiger partial charge in [0.25, 0.3) is 0 Å². The summed E-state index contributed by atoms with van der Waals surface area (Å²) in [7, 11) is 0. The van der Waals surface area contributed by atoms with Crippen LogP contribution in [0.4, 0.5) is 0 Å². The summed E-state index contributed by atoms with van der Waals surface area (Å²) in [5.74, 6) is 0.878. The standard InChI is InChI=1S/C17H30N2O/c1-2-3-4-5-6-7-8-9-16(18)12-15-20-17-10-13-19-14-11-17/h10-11,13-14,16H,2-9,12,15,18H2,1H3. The van der Waals surface area contributed by atoms with Crippen LogP contribution in [0.3, 0.4) is 0 Å². The molecule has 0 aliphatic rings. The predicted octanol–water partition coefficient (Wildman–Crippen LogP) is 4.32. The second-order valence-corrected chi connectivity index (χ2v) is 5.49. The summed E-state index contributed by atoms with van der Waals surface area (Å²) in [5.41, 5.74) is 6.11. The summed E-state index contributed by atoms with van der Waals surface area (Å²) in [4.78, 5) is 3.96. The van der Waals surface area contributed by atoms with Crippen molar-refractivity contribution in [3.8, 4) is 5.75 Å². The van der Waals surface area contributed by atoms with Gasteiger partial charge in [-0.25, -0.2) is 0 Å². The van der Waals surface area contributed by atoms with E-state index in [0.717, 1.165) is 18.6 Å². The zero-order valence-electron chi connectivity index (χ0n) is 12.9. The normalized spacial score (nSPS) is 12.3. The maximum absolute atomic E-state index is 6.11. The molecule has 20 heavy (non-hydrogen) atoms. The van der Waals surface area contributed by atoms with Gasteiger partial charge in [-0.1, -0.05) is 51.9 Å². The zero-order chi connectivity index (χ0) is 14.5. The van der Waals surface area contributed by atoms with Crippen LogP contribution < -0.4 is 10.5 Å². The molecule has 0 bridgehead atoms. The molecule has 1 aromatic heterocycles. The highest BCUT2D eigenvalue weighted by Crippen LogP contribution is 2.11. The van der Waals surface area contributed by atoms with Crippen molar-refractivity contribution in [3.05, 3.63) is 24.5 Å². The Hall–Kier alpha value is -1.09. The summed E-state index contributed by atoms with van der Waals surface area (Å²) in [5, 5.41) is 0. The molecule has 1 rings (SSSR count). The minimum atomic E-state index is 0.271. The second-order valence-electron chi connectivity index (χ2n) is 5.49. The number of aromatic nitrogens is 1. The quantitative estimate of drug-likeness (QED) is 0.579. The molecule has 0 radical (unpaired) electrons. The molecule has 0 aromatic carbocycles. The molecule has 0 saturated heterocycles. The first-order valence-corrected chi connectivity index (χ1v) is 8.11. The van der Waals surface area contributed by atoms with Gasteiger partial charge in [-0.05, 0) is 25.0 Å². The number of hydrogen-bond acceptors (Lipinski definition) is 3. The van der Waals surface area contributed by atoms with Crippen molar-refractivity contribution < 1.29 is 4.74 Å². The fourth-order valence-corrected chi connectivity index (χ4v) is 2.27. The van der Waals surface area contributed by atoms with Gasteiger partial charge in [0.2, 0.25) is 0 Å². The van der Waals surface area contributed by atoms with Crippen molar-refractivity contribution in [2.45, 2.75) is 70.8 Å². The number of hydrogen-bond donors (Lipinski definition) is 1. The second kappa shape index (κ2) is 11.7. The van der Waals surface area contributed by atoms with E-state index in [9.17, 15) is 0 Å². The van der Waals surface area contributed by atoms with E-state index in [1.165, 1.54) is 44.9 Å². The van der Waals surface area contributed by atoms with Crippen molar-refractivity contribution >= 4 is 0 Å². The average Bonchev–Trinajstić information content (AvgIpc) is 2.47. The minimum absolute atomic E-state index is 0.271. The van der Waals surface area contributed by atoms with Crippen LogP contribution in [0, 0.1) is 0 Å². The largest absolute Gasteiger partial charge is 0.493 e. The highest BCUT2D eigenvalue weighted by molar-refractivity contribution is 5.16. The van der Waals surface area contributed by atoms with E-state index >= 15 is 0 Å². The number of ether oxygens (including phenoxy) is 1. The smallest absolute Gasteiger partial charge is 0.122 e. The Bertz CT molecular complexity index is 316. The van der Waals surface area contributed by atoms with Crippen molar-refractivity contribution in [1.82, 2.24) is 4.98 Å². The lowest BCUT2D eigenvalue weighted by atomic mass is 10.0. The Balaban J connectivity index is 1.91. The molecule has 114 valence electrons. The third-order valence-electron chi connectivity index (χ3n) is 3.59. The summed E-state index contributed by atoms with van der Waals surface area (Å²) in [6, 6.07) is 4.02. The van der Waals surface area contributed by atoms with E-state index in [0.29, 0.717) is 6.61 Å². The van der Waals surface area contributed by atoms with Gasteiger partial charge >= 0.3 is 0 Å². The van der Waals surface area contributed by atoms with Crippen molar-refractivity contribution in [1.29, 1.82) is 0 Å². The molecule has 1 atom stereocenters. The molecule has 1 unspecified atom stereocenters. The zero-order valence-corrected chi connectivity index (χ0v) is 12.9. The van der Waals surface area contributed by atoms with E-state index < -0.39 is 0 Å². The van der Waals surface area contributed by atoms with E-state index in [1.54, 1.807) is 12.4 Å². The first-order valence-electron chi connectivity index (χ1n) is 8.11. The Labute approximate surface area is 123 Å². The minimum Gasteiger partial charge on any atom is -0.493 e. The SMILES string of the molecule is CCCCCCCCCC(N)CCOc1ccncc1. The van der Waals surface area contributed by atoms with E-state index in [1.807, 2.05) is 12.1 Å². The van der Waals surface area contributed by atoms with E-state index in [-0.39, 0.29) is 6.04 Å². The molecule has 2 N–H and O–H groups in total. The maximum Gasteiger partial charge on any atom is 0.122 e. The highest BCUT2D eigenvalue weighted by atomic mass is 16.5. The van der Waals surface area contributed by atoms with Gasteiger partial charge in [0.05, 0.1) is 6.61 Å². The summed E-state index contributed by atoms with van der Waals surface area (Å²) in [6.45, 7) is 2.95. The Morgan fingerprint density at radius 3 is 2.35 bits per heavy atom. The Kier molecular flexibility index (Phi) is 9.93. The summed E-state index contributed by atoms with van der Waals surface area (Å²) in [6.07, 6.45) is 14.9.